The van der Waals surface area contributed by atoms with Crippen LogP contribution in [0.2, 0.25) is 10.0 Å². The summed E-state index contributed by atoms with van der Waals surface area (Å²) in [6.45, 7) is 3.15. The minimum atomic E-state index is 0.534. The van der Waals surface area contributed by atoms with Crippen LogP contribution in [0.15, 0.2) is 24.3 Å². The number of quaternary nitrogens is 1. The molecule has 188 valence electrons. The first-order chi connectivity index (χ1) is 17.2. The van der Waals surface area contributed by atoms with E-state index < -0.39 is 0 Å². The van der Waals surface area contributed by atoms with Gasteiger partial charge in [0.2, 0.25) is 5.82 Å². The molecular weight excluding hydrogens is 497 g/mol. The van der Waals surface area contributed by atoms with E-state index in [2.05, 4.69) is 38.5 Å². The Hall–Kier alpha value is -2.75. The van der Waals surface area contributed by atoms with E-state index in [0.717, 1.165) is 32.6 Å². The van der Waals surface area contributed by atoms with Crippen LogP contribution in [-0.2, 0) is 27.2 Å². The molecule has 9 nitrogen and oxygen atoms in total. The third kappa shape index (κ3) is 4.23. The van der Waals surface area contributed by atoms with Gasteiger partial charge in [-0.15, -0.1) is 5.10 Å². The molecule has 11 heteroatoms. The summed E-state index contributed by atoms with van der Waals surface area (Å²) in [5.41, 5.74) is 4.06. The maximum absolute atomic E-state index is 6.33. The first-order valence-electron chi connectivity index (χ1n) is 12.4. The standard InChI is InChI=1S/C25H30Cl2N9/c1-15-22-11-17(24(28-23(22)33(2)30-15)36(4,20-5-6-20)21-7-8-21)14-35(25-29-32-34(3)31-25)13-16-9-18(26)12-19(27)10-16/h9-12,20-21H,5-8,13-14H2,1-4H3/q+1. The summed E-state index contributed by atoms with van der Waals surface area (Å²) in [7, 11) is 6.12. The van der Waals surface area contributed by atoms with Gasteiger partial charge in [-0.2, -0.15) is 14.9 Å². The Morgan fingerprint density at radius 3 is 2.22 bits per heavy atom. The number of tetrazole rings is 1. The minimum Gasteiger partial charge on any atom is -0.329 e. The van der Waals surface area contributed by atoms with E-state index in [-0.39, 0.29) is 0 Å². The topological polar surface area (TPSA) is 77.5 Å². The molecule has 3 aromatic heterocycles. The van der Waals surface area contributed by atoms with E-state index in [9.17, 15) is 0 Å². The summed E-state index contributed by atoms with van der Waals surface area (Å²) in [4.78, 5) is 8.92. The highest BCUT2D eigenvalue weighted by molar-refractivity contribution is 6.34. The molecule has 0 aliphatic heterocycles. The molecule has 0 unspecified atom stereocenters. The second-order valence-corrected chi connectivity index (χ2v) is 11.2. The predicted molar refractivity (Wildman–Crippen MR) is 142 cm³/mol. The third-order valence-corrected chi connectivity index (χ3v) is 8.00. The number of fused-ring (bicyclic) bond motifs is 1. The summed E-state index contributed by atoms with van der Waals surface area (Å²) in [5.74, 6) is 1.68. The molecule has 2 saturated carbocycles. The monoisotopic (exact) mass is 526 g/mol. The SMILES string of the molecule is Cc1nn(C)c2nc([N+](C)(C3CC3)C3CC3)c(CN(Cc3cc(Cl)cc(Cl)c3)c3nnn(C)n3)cc12. The first kappa shape index (κ1) is 23.6. The van der Waals surface area contributed by atoms with Crippen molar-refractivity contribution in [3.05, 3.63) is 51.1 Å². The number of anilines is 1. The fourth-order valence-corrected chi connectivity index (χ4v) is 6.07. The maximum atomic E-state index is 6.33. The summed E-state index contributed by atoms with van der Waals surface area (Å²) in [6.07, 6.45) is 4.97. The van der Waals surface area contributed by atoms with Crippen LogP contribution >= 0.6 is 23.2 Å². The quantitative estimate of drug-likeness (QED) is 0.313. The Morgan fingerprint density at radius 2 is 1.64 bits per heavy atom. The van der Waals surface area contributed by atoms with E-state index in [1.165, 1.54) is 36.0 Å². The van der Waals surface area contributed by atoms with Crippen molar-refractivity contribution < 1.29 is 0 Å². The second-order valence-electron chi connectivity index (χ2n) is 10.4. The maximum Gasteiger partial charge on any atom is 0.266 e. The largest absolute Gasteiger partial charge is 0.329 e. The van der Waals surface area contributed by atoms with Gasteiger partial charge >= 0.3 is 0 Å². The molecular formula is C25H30Cl2N9+. The van der Waals surface area contributed by atoms with Crippen molar-refractivity contribution >= 4 is 46.0 Å². The van der Waals surface area contributed by atoms with Crippen LogP contribution in [0.25, 0.3) is 11.0 Å². The molecule has 3 heterocycles. The normalized spacial score (nSPS) is 16.2. The van der Waals surface area contributed by atoms with Crippen molar-refractivity contribution in [2.75, 3.05) is 11.9 Å². The lowest BCUT2D eigenvalue weighted by Gasteiger charge is -2.35. The highest BCUT2D eigenvalue weighted by Crippen LogP contribution is 2.48. The molecule has 0 N–H and O–H groups in total. The average molecular weight is 527 g/mol. The smallest absolute Gasteiger partial charge is 0.266 e. The van der Waals surface area contributed by atoms with Crippen LogP contribution in [0.1, 0.15) is 42.5 Å². The Balaban J connectivity index is 1.48. The van der Waals surface area contributed by atoms with Gasteiger partial charge in [0.1, 0.15) is 0 Å². The van der Waals surface area contributed by atoms with E-state index in [4.69, 9.17) is 28.2 Å². The number of hydrogen-bond donors (Lipinski definition) is 0. The molecule has 1 aromatic carbocycles. The van der Waals surface area contributed by atoms with E-state index in [1.807, 2.05) is 30.8 Å². The summed E-state index contributed by atoms with van der Waals surface area (Å²) >= 11 is 12.7. The molecule has 2 aliphatic carbocycles. The van der Waals surface area contributed by atoms with Crippen LogP contribution < -0.4 is 9.38 Å². The van der Waals surface area contributed by atoms with Crippen LogP contribution in [0.5, 0.6) is 0 Å². The lowest BCUT2D eigenvalue weighted by molar-refractivity contribution is 0.299. The Morgan fingerprint density at radius 1 is 0.972 bits per heavy atom. The third-order valence-electron chi connectivity index (χ3n) is 7.56. The van der Waals surface area contributed by atoms with Gasteiger partial charge in [-0.25, -0.2) is 4.68 Å². The fourth-order valence-electron chi connectivity index (χ4n) is 5.50. The summed E-state index contributed by atoms with van der Waals surface area (Å²) < 4.78 is 2.79. The van der Waals surface area contributed by atoms with Gasteiger partial charge in [0.05, 0.1) is 44.0 Å². The Labute approximate surface area is 220 Å². The van der Waals surface area contributed by atoms with E-state index in [0.29, 0.717) is 41.2 Å². The molecule has 2 aliphatic rings. The number of rotatable bonds is 8. The summed E-state index contributed by atoms with van der Waals surface area (Å²) in [5, 5.41) is 19.9. The Kier molecular flexibility index (Phi) is 5.70. The van der Waals surface area contributed by atoms with Gasteiger partial charge in [-0.05, 0) is 42.0 Å². The van der Waals surface area contributed by atoms with Gasteiger partial charge in [-0.1, -0.05) is 28.3 Å². The fraction of sp³-hybridized carbons (Fsp3) is 0.480. The average Bonchev–Trinajstić information content (AvgIpc) is 3.74. The van der Waals surface area contributed by atoms with Gasteiger partial charge in [0, 0.05) is 54.7 Å². The molecule has 2 fully saturated rings. The molecule has 0 saturated heterocycles. The molecule has 6 rings (SSSR count). The molecule has 0 amide bonds. The number of nitrogens with zero attached hydrogens (tertiary/aromatic N) is 9. The van der Waals surface area contributed by atoms with Gasteiger partial charge in [0.15, 0.2) is 5.65 Å². The zero-order valence-corrected chi connectivity index (χ0v) is 22.5. The lowest BCUT2D eigenvalue weighted by Crippen LogP contribution is -2.51. The number of aryl methyl sites for hydroxylation is 3. The first-order valence-corrected chi connectivity index (χ1v) is 13.1. The lowest BCUT2D eigenvalue weighted by atomic mass is 10.1. The van der Waals surface area contributed by atoms with Crippen molar-refractivity contribution in [1.82, 2.24) is 39.5 Å². The number of benzene rings is 1. The van der Waals surface area contributed by atoms with Crippen LogP contribution in [0, 0.1) is 6.92 Å². The van der Waals surface area contributed by atoms with Gasteiger partial charge in [0.25, 0.3) is 5.95 Å². The molecule has 0 bridgehead atoms. The van der Waals surface area contributed by atoms with Crippen LogP contribution in [-0.4, -0.2) is 54.1 Å². The number of aromatic nitrogens is 7. The van der Waals surface area contributed by atoms with Crippen LogP contribution in [0.4, 0.5) is 11.8 Å². The zero-order chi connectivity index (χ0) is 25.2. The number of pyridine rings is 1. The number of halogens is 2. The van der Waals surface area contributed by atoms with Crippen LogP contribution in [0.3, 0.4) is 0 Å². The van der Waals surface area contributed by atoms with Crippen molar-refractivity contribution in [2.45, 2.75) is 57.8 Å². The molecule has 0 atom stereocenters. The van der Waals surface area contributed by atoms with Gasteiger partial charge < -0.3 is 4.90 Å². The molecule has 0 spiro atoms. The second kappa shape index (κ2) is 8.68. The van der Waals surface area contributed by atoms with E-state index >= 15 is 0 Å². The number of hydrogen-bond acceptors (Lipinski definition) is 6. The van der Waals surface area contributed by atoms with Crippen molar-refractivity contribution in [3.8, 4) is 0 Å². The summed E-state index contributed by atoms with van der Waals surface area (Å²) in [6, 6.07) is 9.11. The zero-order valence-electron chi connectivity index (χ0n) is 21.0. The van der Waals surface area contributed by atoms with Crippen molar-refractivity contribution in [2.24, 2.45) is 14.1 Å². The van der Waals surface area contributed by atoms with Gasteiger partial charge in [-0.3, -0.25) is 4.48 Å². The highest BCUT2D eigenvalue weighted by atomic mass is 35.5. The van der Waals surface area contributed by atoms with E-state index in [1.54, 1.807) is 13.1 Å². The van der Waals surface area contributed by atoms with Crippen molar-refractivity contribution in [1.29, 1.82) is 0 Å². The molecule has 0 radical (unpaired) electrons. The molecule has 4 aromatic rings. The van der Waals surface area contributed by atoms with Crippen molar-refractivity contribution in [3.63, 3.8) is 0 Å². The molecule has 36 heavy (non-hydrogen) atoms. The predicted octanol–water partition coefficient (Wildman–Crippen LogP) is 4.58. The minimum absolute atomic E-state index is 0.534. The Bertz CT molecular complexity index is 1420. The highest BCUT2D eigenvalue weighted by Gasteiger charge is 2.54.